The van der Waals surface area contributed by atoms with Gasteiger partial charge in [0.2, 0.25) is 0 Å². The van der Waals surface area contributed by atoms with Crippen LogP contribution in [0.3, 0.4) is 0 Å². The van der Waals surface area contributed by atoms with Crippen molar-refractivity contribution in [3.05, 3.63) is 0 Å². The molecule has 5 heteroatoms. The van der Waals surface area contributed by atoms with Crippen molar-refractivity contribution in [3.63, 3.8) is 0 Å². The van der Waals surface area contributed by atoms with Gasteiger partial charge in [0.1, 0.15) is 0 Å². The number of aliphatic hydroxyl groups is 1. The number of carbonyl (C=O) groups excluding carboxylic acids is 1. The zero-order valence-corrected chi connectivity index (χ0v) is 10.0. The largest absolute Gasteiger partial charge is 1.00 e. The minimum atomic E-state index is -1.02. The quantitative estimate of drug-likeness (QED) is 0.461. The van der Waals surface area contributed by atoms with Crippen LogP contribution in [0.15, 0.2) is 0 Å². The minimum absolute atomic E-state index is 0. The monoisotopic (exact) mass is 195 g/mol. The van der Waals surface area contributed by atoms with Crippen LogP contribution in [0.2, 0.25) is 0 Å². The zero-order valence-electron chi connectivity index (χ0n) is 8.03. The fourth-order valence-electron chi connectivity index (χ4n) is 1.51. The Morgan fingerprint density at radius 2 is 2.00 bits per heavy atom. The Labute approximate surface area is 100 Å². The van der Waals surface area contributed by atoms with Crippen molar-refractivity contribution in [2.24, 2.45) is 5.92 Å². The number of likely N-dealkylation sites (tertiary alicyclic amines) is 1. The molecular weight excluding hydrogens is 181 g/mol. The Hall–Kier alpha value is 0.390. The number of carbonyl (C=O) groups is 1. The standard InChI is InChI=1S/C8H15NO3.Na/c10-6-7-1-3-9(4-2-7)5-8(11)12;/h7,10H,1-6H2,(H,11,12);/q;+1/p-1. The first-order valence-corrected chi connectivity index (χ1v) is 4.25. The van der Waals surface area contributed by atoms with Crippen LogP contribution in [0, 0.1) is 5.92 Å². The molecule has 4 nitrogen and oxygen atoms in total. The fraction of sp³-hybridized carbons (Fsp3) is 0.875. The van der Waals surface area contributed by atoms with Crippen molar-refractivity contribution in [1.82, 2.24) is 4.90 Å². The van der Waals surface area contributed by atoms with E-state index in [1.54, 1.807) is 0 Å². The Morgan fingerprint density at radius 1 is 1.46 bits per heavy atom. The van der Waals surface area contributed by atoms with Gasteiger partial charge in [0.05, 0.1) is 5.97 Å². The van der Waals surface area contributed by atoms with E-state index in [0.717, 1.165) is 25.9 Å². The van der Waals surface area contributed by atoms with Gasteiger partial charge in [-0.05, 0) is 31.8 Å². The fourth-order valence-corrected chi connectivity index (χ4v) is 1.51. The van der Waals surface area contributed by atoms with Crippen molar-refractivity contribution in [1.29, 1.82) is 0 Å². The number of piperidine rings is 1. The molecule has 0 aliphatic carbocycles. The normalized spacial score (nSPS) is 19.5. The summed E-state index contributed by atoms with van der Waals surface area (Å²) in [6.07, 6.45) is 1.79. The molecule has 0 bridgehead atoms. The first-order valence-electron chi connectivity index (χ1n) is 4.25. The van der Waals surface area contributed by atoms with Gasteiger partial charge in [-0.1, -0.05) is 0 Å². The molecule has 1 N–H and O–H groups in total. The third-order valence-corrected chi connectivity index (χ3v) is 2.32. The van der Waals surface area contributed by atoms with Crippen molar-refractivity contribution in [2.45, 2.75) is 12.8 Å². The Kier molecular flexibility index (Phi) is 6.99. The van der Waals surface area contributed by atoms with E-state index in [-0.39, 0.29) is 42.7 Å². The van der Waals surface area contributed by atoms with Gasteiger partial charge in [-0.3, -0.25) is 4.90 Å². The van der Waals surface area contributed by atoms with Crippen LogP contribution in [-0.4, -0.2) is 42.2 Å². The molecule has 0 amide bonds. The number of nitrogens with zero attached hydrogens (tertiary/aromatic N) is 1. The summed E-state index contributed by atoms with van der Waals surface area (Å²) in [5.41, 5.74) is 0. The predicted octanol–water partition coefficient (Wildman–Crippen LogP) is -4.56. The molecule has 1 aliphatic rings. The molecule has 70 valence electrons. The summed E-state index contributed by atoms with van der Waals surface area (Å²) in [4.78, 5) is 12.1. The van der Waals surface area contributed by atoms with Crippen molar-refractivity contribution in [3.8, 4) is 0 Å². The third-order valence-electron chi connectivity index (χ3n) is 2.32. The smallest absolute Gasteiger partial charge is 0.549 e. The molecular formula is C8H14NNaO3. The minimum Gasteiger partial charge on any atom is -0.549 e. The molecule has 13 heavy (non-hydrogen) atoms. The maximum Gasteiger partial charge on any atom is 1.00 e. The number of rotatable bonds is 3. The van der Waals surface area contributed by atoms with Crippen LogP contribution in [0.4, 0.5) is 0 Å². The zero-order chi connectivity index (χ0) is 8.97. The second-order valence-electron chi connectivity index (χ2n) is 3.27. The molecule has 0 aromatic rings. The maximum absolute atomic E-state index is 10.2. The number of carboxylic acids is 1. The third kappa shape index (κ3) is 4.98. The molecule has 0 spiro atoms. The molecule has 0 atom stereocenters. The Bertz CT molecular complexity index is 157. The predicted molar refractivity (Wildman–Crippen MR) is 41.3 cm³/mol. The van der Waals surface area contributed by atoms with Gasteiger partial charge in [-0.25, -0.2) is 0 Å². The van der Waals surface area contributed by atoms with Crippen molar-refractivity contribution in [2.75, 3.05) is 26.2 Å². The van der Waals surface area contributed by atoms with Crippen LogP contribution in [0.1, 0.15) is 12.8 Å². The average Bonchev–Trinajstić information content (AvgIpc) is 2.05. The summed E-state index contributed by atoms with van der Waals surface area (Å²) in [6, 6.07) is 0. The number of hydrogen-bond acceptors (Lipinski definition) is 4. The molecule has 1 aliphatic heterocycles. The number of aliphatic carboxylic acids is 1. The van der Waals surface area contributed by atoms with Crippen LogP contribution in [-0.2, 0) is 4.79 Å². The van der Waals surface area contributed by atoms with Crippen LogP contribution in [0.5, 0.6) is 0 Å². The van der Waals surface area contributed by atoms with Gasteiger partial charge in [-0.15, -0.1) is 0 Å². The van der Waals surface area contributed by atoms with Gasteiger partial charge in [0.15, 0.2) is 0 Å². The molecule has 1 heterocycles. The number of hydrogen-bond donors (Lipinski definition) is 1. The summed E-state index contributed by atoms with van der Waals surface area (Å²) in [5, 5.41) is 19.0. The van der Waals surface area contributed by atoms with E-state index in [1.165, 1.54) is 0 Å². The van der Waals surface area contributed by atoms with Gasteiger partial charge in [0, 0.05) is 13.2 Å². The average molecular weight is 195 g/mol. The van der Waals surface area contributed by atoms with Gasteiger partial charge >= 0.3 is 29.6 Å². The number of aliphatic hydroxyl groups excluding tert-OH is 1. The maximum atomic E-state index is 10.2. The molecule has 0 aromatic carbocycles. The van der Waals surface area contributed by atoms with Gasteiger partial charge < -0.3 is 15.0 Å². The van der Waals surface area contributed by atoms with E-state index in [4.69, 9.17) is 5.11 Å². The molecule has 1 fully saturated rings. The summed E-state index contributed by atoms with van der Waals surface area (Å²) < 4.78 is 0. The first-order chi connectivity index (χ1) is 5.72. The van der Waals surface area contributed by atoms with Gasteiger partial charge in [0.25, 0.3) is 0 Å². The van der Waals surface area contributed by atoms with E-state index in [2.05, 4.69) is 0 Å². The van der Waals surface area contributed by atoms with E-state index in [0.29, 0.717) is 5.92 Å². The van der Waals surface area contributed by atoms with Crippen molar-refractivity contribution < 1.29 is 44.6 Å². The number of carboxylic acid groups (broad SMARTS) is 1. The van der Waals surface area contributed by atoms with Crippen LogP contribution < -0.4 is 34.7 Å². The first kappa shape index (κ1) is 13.4. The molecule has 0 radical (unpaired) electrons. The van der Waals surface area contributed by atoms with Crippen LogP contribution in [0.25, 0.3) is 0 Å². The molecule has 0 saturated carbocycles. The summed E-state index contributed by atoms with van der Waals surface area (Å²) in [6.45, 7) is 1.77. The molecule has 0 aromatic heterocycles. The summed E-state index contributed by atoms with van der Waals surface area (Å²) in [5.74, 6) is -0.652. The Balaban J connectivity index is 0.00000144. The topological polar surface area (TPSA) is 63.6 Å². The molecule has 1 rings (SSSR count). The van der Waals surface area contributed by atoms with Crippen molar-refractivity contribution >= 4 is 5.97 Å². The van der Waals surface area contributed by atoms with E-state index < -0.39 is 5.97 Å². The Morgan fingerprint density at radius 3 is 2.38 bits per heavy atom. The summed E-state index contributed by atoms with van der Waals surface area (Å²) >= 11 is 0. The van der Waals surface area contributed by atoms with Gasteiger partial charge in [-0.2, -0.15) is 0 Å². The molecule has 0 unspecified atom stereocenters. The van der Waals surface area contributed by atoms with E-state index >= 15 is 0 Å². The van der Waals surface area contributed by atoms with E-state index in [9.17, 15) is 9.90 Å². The van der Waals surface area contributed by atoms with E-state index in [1.807, 2.05) is 4.90 Å². The second kappa shape index (κ2) is 6.79. The van der Waals surface area contributed by atoms with Crippen LogP contribution >= 0.6 is 0 Å². The summed E-state index contributed by atoms with van der Waals surface area (Å²) in [7, 11) is 0. The second-order valence-corrected chi connectivity index (χ2v) is 3.27. The SMILES string of the molecule is O=C([O-])CN1CCC(CO)CC1.[Na+]. The molecule has 1 saturated heterocycles.